The van der Waals surface area contributed by atoms with E-state index in [1.165, 1.54) is 13.4 Å². The number of carbonyl (C=O) groups is 1. The lowest BCUT2D eigenvalue weighted by molar-refractivity contribution is 0.0600. The summed E-state index contributed by atoms with van der Waals surface area (Å²) >= 11 is 0. The fraction of sp³-hybridized carbons (Fsp3) is 0.267. The number of aliphatic hydroxyl groups is 1. The van der Waals surface area contributed by atoms with E-state index >= 15 is 0 Å². The molecule has 0 saturated heterocycles. The van der Waals surface area contributed by atoms with Crippen molar-refractivity contribution < 1.29 is 19.4 Å². The smallest absolute Gasteiger partial charge is 0.337 e. The van der Waals surface area contributed by atoms with Crippen molar-refractivity contribution in [1.82, 2.24) is 9.97 Å². The fourth-order valence-corrected chi connectivity index (χ4v) is 1.77. The summed E-state index contributed by atoms with van der Waals surface area (Å²) in [5, 5.41) is 9.33. The van der Waals surface area contributed by atoms with E-state index in [-0.39, 0.29) is 6.61 Å². The molecule has 2 rings (SSSR count). The number of rotatable bonds is 5. The van der Waals surface area contributed by atoms with Gasteiger partial charge in [0.15, 0.2) is 0 Å². The molecule has 1 heterocycles. The van der Waals surface area contributed by atoms with Gasteiger partial charge in [-0.1, -0.05) is 0 Å². The van der Waals surface area contributed by atoms with E-state index < -0.39 is 12.1 Å². The Balaban J connectivity index is 2.42. The Kier molecular flexibility index (Phi) is 4.84. The Morgan fingerprint density at radius 3 is 2.67 bits per heavy atom. The molecule has 110 valence electrons. The van der Waals surface area contributed by atoms with Crippen molar-refractivity contribution in [1.29, 1.82) is 0 Å². The summed E-state index contributed by atoms with van der Waals surface area (Å²) in [4.78, 5) is 19.6. The lowest BCUT2D eigenvalue weighted by Crippen LogP contribution is -2.13. The highest BCUT2D eigenvalue weighted by Crippen LogP contribution is 2.30. The van der Waals surface area contributed by atoms with E-state index in [4.69, 9.17) is 9.47 Å². The van der Waals surface area contributed by atoms with E-state index in [0.29, 0.717) is 22.4 Å². The lowest BCUT2D eigenvalue weighted by Gasteiger charge is -2.13. The molecule has 1 N–H and O–H groups in total. The average molecular weight is 288 g/mol. The van der Waals surface area contributed by atoms with Gasteiger partial charge in [-0.05, 0) is 25.1 Å². The molecule has 0 aliphatic rings. The van der Waals surface area contributed by atoms with Crippen LogP contribution in [0.2, 0.25) is 0 Å². The van der Waals surface area contributed by atoms with Crippen molar-refractivity contribution >= 4 is 5.97 Å². The van der Waals surface area contributed by atoms with Crippen molar-refractivity contribution in [3.63, 3.8) is 0 Å². The Morgan fingerprint density at radius 2 is 2.05 bits per heavy atom. The van der Waals surface area contributed by atoms with Crippen LogP contribution in [0.3, 0.4) is 0 Å². The Bertz CT molecular complexity index is 614. The van der Waals surface area contributed by atoms with E-state index in [0.717, 1.165) is 0 Å². The van der Waals surface area contributed by atoms with Gasteiger partial charge in [0.25, 0.3) is 0 Å². The topological polar surface area (TPSA) is 81.5 Å². The maximum Gasteiger partial charge on any atom is 0.337 e. The van der Waals surface area contributed by atoms with Crippen LogP contribution in [0.25, 0.3) is 11.1 Å². The normalized spacial score (nSPS) is 11.8. The van der Waals surface area contributed by atoms with Crippen LogP contribution in [-0.4, -0.2) is 40.9 Å². The van der Waals surface area contributed by atoms with Gasteiger partial charge in [0, 0.05) is 23.5 Å². The molecule has 0 radical (unpaired) electrons. The van der Waals surface area contributed by atoms with Crippen LogP contribution in [0.1, 0.15) is 17.3 Å². The highest BCUT2D eigenvalue weighted by Gasteiger charge is 2.13. The van der Waals surface area contributed by atoms with Gasteiger partial charge in [-0.3, -0.25) is 0 Å². The minimum absolute atomic E-state index is 0.151. The molecular weight excluding hydrogens is 272 g/mol. The Labute approximate surface area is 122 Å². The monoisotopic (exact) mass is 288 g/mol. The maximum absolute atomic E-state index is 11.6. The van der Waals surface area contributed by atoms with Gasteiger partial charge in [0.2, 0.25) is 0 Å². The molecule has 0 fully saturated rings. The maximum atomic E-state index is 11.6. The van der Waals surface area contributed by atoms with E-state index in [1.54, 1.807) is 37.5 Å². The Hall–Kier alpha value is -2.47. The highest BCUT2D eigenvalue weighted by atomic mass is 16.5. The summed E-state index contributed by atoms with van der Waals surface area (Å²) in [6.07, 6.45) is 4.08. The van der Waals surface area contributed by atoms with Crippen LogP contribution in [-0.2, 0) is 4.74 Å². The van der Waals surface area contributed by atoms with Gasteiger partial charge in [0.1, 0.15) is 18.7 Å². The van der Waals surface area contributed by atoms with Crippen LogP contribution in [0.4, 0.5) is 0 Å². The lowest BCUT2D eigenvalue weighted by atomic mass is 10.0. The molecular formula is C15H16N2O4. The van der Waals surface area contributed by atoms with Crippen molar-refractivity contribution in [2.45, 2.75) is 13.0 Å². The summed E-state index contributed by atoms with van der Waals surface area (Å²) < 4.78 is 10.3. The molecule has 1 aromatic carbocycles. The van der Waals surface area contributed by atoms with Crippen molar-refractivity contribution in [3.8, 4) is 16.9 Å². The SMILES string of the molecule is COC(=O)c1ccc(OC[C@@H](C)O)c(-c2cncnc2)c1. The molecule has 6 nitrogen and oxygen atoms in total. The molecule has 21 heavy (non-hydrogen) atoms. The fourth-order valence-electron chi connectivity index (χ4n) is 1.77. The molecule has 6 heteroatoms. The predicted molar refractivity (Wildman–Crippen MR) is 76.0 cm³/mol. The van der Waals surface area contributed by atoms with Gasteiger partial charge < -0.3 is 14.6 Å². The summed E-state index contributed by atoms with van der Waals surface area (Å²) in [5.41, 5.74) is 1.78. The van der Waals surface area contributed by atoms with Crippen molar-refractivity contribution in [2.24, 2.45) is 0 Å². The zero-order valence-electron chi connectivity index (χ0n) is 11.8. The summed E-state index contributed by atoms with van der Waals surface area (Å²) in [7, 11) is 1.32. The first-order valence-corrected chi connectivity index (χ1v) is 6.40. The second-order valence-electron chi connectivity index (χ2n) is 4.49. The zero-order valence-corrected chi connectivity index (χ0v) is 11.8. The molecule has 0 spiro atoms. The average Bonchev–Trinajstić information content (AvgIpc) is 2.52. The molecule has 0 unspecified atom stereocenters. The van der Waals surface area contributed by atoms with Crippen LogP contribution in [0.5, 0.6) is 5.75 Å². The third-order valence-electron chi connectivity index (χ3n) is 2.75. The van der Waals surface area contributed by atoms with Crippen LogP contribution in [0.15, 0.2) is 36.9 Å². The van der Waals surface area contributed by atoms with Crippen LogP contribution >= 0.6 is 0 Å². The summed E-state index contributed by atoms with van der Waals surface area (Å²) in [5.74, 6) is 0.105. The van der Waals surface area contributed by atoms with E-state index in [2.05, 4.69) is 9.97 Å². The number of esters is 1. The third-order valence-corrected chi connectivity index (χ3v) is 2.75. The number of carbonyl (C=O) groups excluding carboxylic acids is 1. The number of aromatic nitrogens is 2. The molecule has 0 bridgehead atoms. The number of benzene rings is 1. The molecule has 1 aromatic heterocycles. The first-order chi connectivity index (χ1) is 10.1. The molecule has 0 aliphatic carbocycles. The number of aliphatic hydroxyl groups excluding tert-OH is 1. The second-order valence-corrected chi connectivity index (χ2v) is 4.49. The largest absolute Gasteiger partial charge is 0.490 e. The van der Waals surface area contributed by atoms with Crippen molar-refractivity contribution in [3.05, 3.63) is 42.5 Å². The van der Waals surface area contributed by atoms with Gasteiger partial charge in [0.05, 0.1) is 18.8 Å². The zero-order chi connectivity index (χ0) is 15.2. The summed E-state index contributed by atoms with van der Waals surface area (Å²) in [6, 6.07) is 4.93. The second kappa shape index (κ2) is 6.81. The number of ether oxygens (including phenoxy) is 2. The molecule has 1 atom stereocenters. The molecule has 2 aromatic rings. The summed E-state index contributed by atoms with van der Waals surface area (Å²) in [6.45, 7) is 1.78. The van der Waals surface area contributed by atoms with Gasteiger partial charge in [-0.2, -0.15) is 0 Å². The van der Waals surface area contributed by atoms with Gasteiger partial charge in [-0.15, -0.1) is 0 Å². The first-order valence-electron chi connectivity index (χ1n) is 6.40. The van der Waals surface area contributed by atoms with Crippen molar-refractivity contribution in [2.75, 3.05) is 13.7 Å². The minimum atomic E-state index is -0.592. The minimum Gasteiger partial charge on any atom is -0.490 e. The standard InChI is InChI=1S/C15H16N2O4/c1-10(18)8-21-14-4-3-11(15(19)20-2)5-13(14)12-6-16-9-17-7-12/h3-7,9-10,18H,8H2,1-2H3/t10-/m1/s1. The third kappa shape index (κ3) is 3.76. The van der Waals surface area contributed by atoms with Crippen LogP contribution in [0, 0.1) is 0 Å². The van der Waals surface area contributed by atoms with E-state index in [1.807, 2.05) is 0 Å². The molecule has 0 aliphatic heterocycles. The number of methoxy groups -OCH3 is 1. The highest BCUT2D eigenvalue weighted by molar-refractivity contribution is 5.91. The molecule has 0 saturated carbocycles. The number of hydrogen-bond acceptors (Lipinski definition) is 6. The Morgan fingerprint density at radius 1 is 1.33 bits per heavy atom. The molecule has 0 amide bonds. The predicted octanol–water partition coefficient (Wildman–Crippen LogP) is 1.69. The number of hydrogen-bond donors (Lipinski definition) is 1. The quantitative estimate of drug-likeness (QED) is 0.843. The number of nitrogens with zero attached hydrogens (tertiary/aromatic N) is 2. The first kappa shape index (κ1) is 14.9. The van der Waals surface area contributed by atoms with Gasteiger partial charge in [-0.25, -0.2) is 14.8 Å². The van der Waals surface area contributed by atoms with E-state index in [9.17, 15) is 9.90 Å². The van der Waals surface area contributed by atoms with Crippen LogP contribution < -0.4 is 4.74 Å². The van der Waals surface area contributed by atoms with Gasteiger partial charge >= 0.3 is 5.97 Å².